The molecule has 3 rings (SSSR count). The van der Waals surface area contributed by atoms with Gasteiger partial charge < -0.3 is 10.1 Å². The van der Waals surface area contributed by atoms with Crippen LogP contribution >= 0.6 is 0 Å². The van der Waals surface area contributed by atoms with Gasteiger partial charge in [0.2, 0.25) is 0 Å². The predicted molar refractivity (Wildman–Crippen MR) is 90.7 cm³/mol. The summed E-state index contributed by atoms with van der Waals surface area (Å²) in [5, 5.41) is 6.75. The van der Waals surface area contributed by atoms with Gasteiger partial charge in [0.15, 0.2) is 0 Å². The summed E-state index contributed by atoms with van der Waals surface area (Å²) in [6.45, 7) is 0.169. The monoisotopic (exact) mass is 376 g/mol. The number of benzene rings is 1. The van der Waals surface area contributed by atoms with Gasteiger partial charge in [0, 0.05) is 43.3 Å². The molecule has 3 aromatic rings. The molecule has 2 heterocycles. The maximum atomic E-state index is 12.3. The molecule has 0 atom stereocenters. The Morgan fingerprint density at radius 1 is 1.22 bits per heavy atom. The van der Waals surface area contributed by atoms with E-state index in [1.165, 1.54) is 12.1 Å². The molecule has 0 bridgehead atoms. The normalized spacial score (nSPS) is 11.3. The van der Waals surface area contributed by atoms with Crippen LogP contribution < -0.4 is 10.1 Å². The second-order valence-electron chi connectivity index (χ2n) is 5.68. The molecule has 0 aliphatic rings. The summed E-state index contributed by atoms with van der Waals surface area (Å²) >= 11 is 0. The maximum Gasteiger partial charge on any atom is 0.573 e. The van der Waals surface area contributed by atoms with E-state index >= 15 is 0 Å². The molecule has 1 amide bonds. The molecule has 27 heavy (non-hydrogen) atoms. The van der Waals surface area contributed by atoms with E-state index < -0.39 is 18.0 Å². The van der Waals surface area contributed by atoms with Gasteiger partial charge in [-0.25, -0.2) is 0 Å². The van der Waals surface area contributed by atoms with E-state index in [0.717, 1.165) is 29.0 Å². The number of halogens is 3. The van der Waals surface area contributed by atoms with Crippen molar-refractivity contribution in [3.63, 3.8) is 0 Å². The number of carbonyl (C=O) groups is 1. The quantitative estimate of drug-likeness (QED) is 0.742. The number of alkyl halides is 3. The molecule has 0 aliphatic heterocycles. The van der Waals surface area contributed by atoms with Crippen LogP contribution in [0.2, 0.25) is 0 Å². The smallest absolute Gasteiger partial charge is 0.406 e. The van der Waals surface area contributed by atoms with Crippen molar-refractivity contribution in [3.05, 3.63) is 66.1 Å². The SMILES string of the molecule is Cn1nccc1-c1cncc(CNC(=O)c2cccc(OC(F)(F)F)c2)c1. The van der Waals surface area contributed by atoms with E-state index in [1.807, 2.05) is 12.1 Å². The standard InChI is InChI=1S/C18H15F3N4O2/c1-25-16(5-6-24-25)14-7-12(9-22-11-14)10-23-17(26)13-3-2-4-15(8-13)27-18(19,20)21/h2-9,11H,10H2,1H3,(H,23,26). The Morgan fingerprint density at radius 3 is 2.74 bits per heavy atom. The molecule has 2 aromatic heterocycles. The van der Waals surface area contributed by atoms with Crippen LogP contribution in [0.1, 0.15) is 15.9 Å². The van der Waals surface area contributed by atoms with Gasteiger partial charge in [-0.15, -0.1) is 13.2 Å². The van der Waals surface area contributed by atoms with Gasteiger partial charge in [-0.1, -0.05) is 6.07 Å². The highest BCUT2D eigenvalue weighted by atomic mass is 19.4. The molecule has 0 saturated carbocycles. The van der Waals surface area contributed by atoms with Crippen LogP contribution in [-0.4, -0.2) is 27.0 Å². The number of pyridine rings is 1. The molecule has 0 saturated heterocycles. The minimum Gasteiger partial charge on any atom is -0.406 e. The fourth-order valence-corrected chi connectivity index (χ4v) is 2.50. The molecule has 0 fully saturated rings. The van der Waals surface area contributed by atoms with E-state index in [2.05, 4.69) is 20.1 Å². The minimum absolute atomic E-state index is 0.0625. The predicted octanol–water partition coefficient (Wildman–Crippen LogP) is 3.31. The van der Waals surface area contributed by atoms with Gasteiger partial charge in [-0.05, 0) is 35.9 Å². The van der Waals surface area contributed by atoms with Crippen molar-refractivity contribution in [3.8, 4) is 17.0 Å². The molecular formula is C18H15F3N4O2. The van der Waals surface area contributed by atoms with Gasteiger partial charge in [0.1, 0.15) is 5.75 Å². The van der Waals surface area contributed by atoms with Crippen LogP contribution in [0.4, 0.5) is 13.2 Å². The Balaban J connectivity index is 1.68. The third-order valence-electron chi connectivity index (χ3n) is 3.69. The molecule has 0 radical (unpaired) electrons. The largest absolute Gasteiger partial charge is 0.573 e. The van der Waals surface area contributed by atoms with Crippen LogP contribution in [-0.2, 0) is 13.6 Å². The molecule has 0 unspecified atom stereocenters. The van der Waals surface area contributed by atoms with Gasteiger partial charge in [-0.2, -0.15) is 5.10 Å². The fourth-order valence-electron chi connectivity index (χ4n) is 2.50. The average molecular weight is 376 g/mol. The summed E-state index contributed by atoms with van der Waals surface area (Å²) in [7, 11) is 1.81. The number of nitrogens with one attached hydrogen (secondary N) is 1. The van der Waals surface area contributed by atoms with Crippen molar-refractivity contribution >= 4 is 5.91 Å². The van der Waals surface area contributed by atoms with Crippen molar-refractivity contribution in [1.82, 2.24) is 20.1 Å². The summed E-state index contributed by atoms with van der Waals surface area (Å²) < 4.78 is 42.4. The van der Waals surface area contributed by atoms with E-state index in [0.29, 0.717) is 0 Å². The lowest BCUT2D eigenvalue weighted by atomic mass is 10.1. The third-order valence-corrected chi connectivity index (χ3v) is 3.69. The van der Waals surface area contributed by atoms with E-state index in [9.17, 15) is 18.0 Å². The van der Waals surface area contributed by atoms with Gasteiger partial charge in [0.25, 0.3) is 5.91 Å². The van der Waals surface area contributed by atoms with Crippen LogP contribution in [0.15, 0.2) is 55.0 Å². The van der Waals surface area contributed by atoms with Crippen LogP contribution in [0.25, 0.3) is 11.3 Å². The Bertz CT molecular complexity index is 954. The Morgan fingerprint density at radius 2 is 2.04 bits per heavy atom. The summed E-state index contributed by atoms with van der Waals surface area (Å²) in [5.74, 6) is -0.969. The number of ether oxygens (including phenoxy) is 1. The van der Waals surface area contributed by atoms with E-state index in [4.69, 9.17) is 0 Å². The van der Waals surface area contributed by atoms with Crippen molar-refractivity contribution in [2.45, 2.75) is 12.9 Å². The minimum atomic E-state index is -4.81. The topological polar surface area (TPSA) is 69.0 Å². The molecule has 0 spiro atoms. The summed E-state index contributed by atoms with van der Waals surface area (Å²) in [6.07, 6.45) is 0.135. The highest BCUT2D eigenvalue weighted by molar-refractivity contribution is 5.94. The van der Waals surface area contributed by atoms with Crippen molar-refractivity contribution in [2.75, 3.05) is 0 Å². The van der Waals surface area contributed by atoms with Crippen LogP contribution in [0.5, 0.6) is 5.75 Å². The molecule has 6 nitrogen and oxygen atoms in total. The first-order chi connectivity index (χ1) is 12.8. The number of carbonyl (C=O) groups excluding carboxylic acids is 1. The molecular weight excluding hydrogens is 361 g/mol. The summed E-state index contributed by atoms with van der Waals surface area (Å²) in [4.78, 5) is 16.4. The van der Waals surface area contributed by atoms with E-state index in [1.54, 1.807) is 30.3 Å². The lowest BCUT2D eigenvalue weighted by Crippen LogP contribution is -2.23. The Kier molecular flexibility index (Phi) is 5.11. The molecule has 1 N–H and O–H groups in total. The lowest BCUT2D eigenvalue weighted by Gasteiger charge is -2.10. The first kappa shape index (κ1) is 18.4. The van der Waals surface area contributed by atoms with Crippen LogP contribution in [0.3, 0.4) is 0 Å². The highest BCUT2D eigenvalue weighted by Crippen LogP contribution is 2.23. The first-order valence-electron chi connectivity index (χ1n) is 7.88. The second-order valence-corrected chi connectivity index (χ2v) is 5.68. The zero-order valence-electron chi connectivity index (χ0n) is 14.2. The number of hydrogen-bond donors (Lipinski definition) is 1. The van der Waals surface area contributed by atoms with Gasteiger partial charge in [0.05, 0.1) is 5.69 Å². The Labute approximate surface area is 152 Å². The number of rotatable bonds is 5. The van der Waals surface area contributed by atoms with Gasteiger partial charge >= 0.3 is 6.36 Å². The summed E-state index contributed by atoms with van der Waals surface area (Å²) in [6, 6.07) is 8.58. The molecule has 9 heteroatoms. The average Bonchev–Trinajstić information content (AvgIpc) is 3.05. The zero-order valence-corrected chi connectivity index (χ0v) is 14.2. The number of nitrogens with zero attached hydrogens (tertiary/aromatic N) is 3. The van der Waals surface area contributed by atoms with Crippen LogP contribution in [0, 0.1) is 0 Å². The highest BCUT2D eigenvalue weighted by Gasteiger charge is 2.31. The number of aryl methyl sites for hydroxylation is 1. The molecule has 1 aromatic carbocycles. The lowest BCUT2D eigenvalue weighted by molar-refractivity contribution is -0.274. The zero-order chi connectivity index (χ0) is 19.4. The Hall–Kier alpha value is -3.36. The van der Waals surface area contributed by atoms with Crippen molar-refractivity contribution < 1.29 is 22.7 Å². The number of hydrogen-bond acceptors (Lipinski definition) is 4. The maximum absolute atomic E-state index is 12.3. The van der Waals surface area contributed by atoms with E-state index in [-0.39, 0.29) is 12.1 Å². The second kappa shape index (κ2) is 7.48. The molecule has 140 valence electrons. The fraction of sp³-hybridized carbons (Fsp3) is 0.167. The third kappa shape index (κ3) is 4.84. The van der Waals surface area contributed by atoms with Crippen molar-refractivity contribution in [2.24, 2.45) is 7.05 Å². The number of amides is 1. The number of aromatic nitrogens is 3. The van der Waals surface area contributed by atoms with Gasteiger partial charge in [-0.3, -0.25) is 14.5 Å². The summed E-state index contributed by atoms with van der Waals surface area (Å²) in [5.41, 5.74) is 2.51. The molecule has 0 aliphatic carbocycles. The van der Waals surface area contributed by atoms with Crippen molar-refractivity contribution in [1.29, 1.82) is 0 Å². The first-order valence-corrected chi connectivity index (χ1v) is 7.88.